The highest BCUT2D eigenvalue weighted by Crippen LogP contribution is 2.28. The minimum atomic E-state index is -0.376. The Labute approximate surface area is 114 Å². The summed E-state index contributed by atoms with van der Waals surface area (Å²) in [5.41, 5.74) is 0.436. The Morgan fingerprint density at radius 1 is 1.50 bits per heavy atom. The van der Waals surface area contributed by atoms with Crippen molar-refractivity contribution in [3.05, 3.63) is 34.1 Å². The normalized spacial score (nSPS) is 14.6. The number of benzene rings is 1. The molecule has 0 radical (unpaired) electrons. The minimum absolute atomic E-state index is 0.217. The van der Waals surface area contributed by atoms with Crippen LogP contribution in [0, 0.1) is 11.7 Å². The van der Waals surface area contributed by atoms with Gasteiger partial charge in [-0.3, -0.25) is 4.79 Å². The summed E-state index contributed by atoms with van der Waals surface area (Å²) in [6.07, 6.45) is 2.52. The van der Waals surface area contributed by atoms with Gasteiger partial charge in [-0.15, -0.1) is 0 Å². The van der Waals surface area contributed by atoms with Gasteiger partial charge in [0.25, 0.3) is 5.91 Å². The van der Waals surface area contributed by atoms with E-state index in [1.807, 2.05) is 0 Å². The second-order valence-corrected chi connectivity index (χ2v) is 5.26. The number of hydrogen-bond donors (Lipinski definition) is 1. The number of ether oxygens (including phenoxy) is 1. The third-order valence-corrected chi connectivity index (χ3v) is 3.37. The largest absolute Gasteiger partial charge is 0.379 e. The second-order valence-electron chi connectivity index (χ2n) is 4.40. The van der Waals surface area contributed by atoms with Crippen LogP contribution >= 0.6 is 15.9 Å². The second kappa shape index (κ2) is 6.29. The predicted molar refractivity (Wildman–Crippen MR) is 70.0 cm³/mol. The van der Waals surface area contributed by atoms with Crippen molar-refractivity contribution in [1.29, 1.82) is 0 Å². The molecule has 1 aromatic rings. The number of halogens is 2. The topological polar surface area (TPSA) is 38.3 Å². The van der Waals surface area contributed by atoms with E-state index in [4.69, 9.17) is 4.74 Å². The first kappa shape index (κ1) is 13.5. The number of carbonyl (C=O) groups excluding carboxylic acids is 1. The summed E-state index contributed by atoms with van der Waals surface area (Å²) in [5.74, 6) is 0.138. The molecule has 0 aromatic heterocycles. The van der Waals surface area contributed by atoms with Crippen molar-refractivity contribution >= 4 is 21.8 Å². The van der Waals surface area contributed by atoms with Crippen LogP contribution in [0.15, 0.2) is 22.7 Å². The fourth-order valence-electron chi connectivity index (χ4n) is 1.51. The lowest BCUT2D eigenvalue weighted by Crippen LogP contribution is -2.27. The summed E-state index contributed by atoms with van der Waals surface area (Å²) in [7, 11) is 0. The Morgan fingerprint density at radius 2 is 2.28 bits per heavy atom. The first-order valence-corrected chi connectivity index (χ1v) is 6.77. The van der Waals surface area contributed by atoms with Gasteiger partial charge in [-0.05, 0) is 52.9 Å². The van der Waals surface area contributed by atoms with Crippen LogP contribution in [0.1, 0.15) is 23.2 Å². The summed E-state index contributed by atoms with van der Waals surface area (Å²) < 4.78 is 18.7. The number of nitrogens with one attached hydrogen (secondary N) is 1. The molecule has 1 amide bonds. The van der Waals surface area contributed by atoms with Crippen molar-refractivity contribution in [3.63, 3.8) is 0 Å². The van der Waals surface area contributed by atoms with E-state index in [0.717, 1.165) is 12.5 Å². The highest BCUT2D eigenvalue weighted by molar-refractivity contribution is 9.10. The van der Waals surface area contributed by atoms with Crippen LogP contribution in [-0.2, 0) is 4.74 Å². The zero-order valence-corrected chi connectivity index (χ0v) is 11.5. The van der Waals surface area contributed by atoms with E-state index < -0.39 is 0 Å². The summed E-state index contributed by atoms with van der Waals surface area (Å²) >= 11 is 3.05. The average Bonchev–Trinajstić information content (AvgIpc) is 3.16. The van der Waals surface area contributed by atoms with E-state index in [2.05, 4.69) is 21.2 Å². The lowest BCUT2D eigenvalue weighted by Gasteiger charge is -2.06. The van der Waals surface area contributed by atoms with E-state index in [9.17, 15) is 9.18 Å². The molecule has 0 heterocycles. The molecule has 1 N–H and O–H groups in total. The number of rotatable bonds is 6. The van der Waals surface area contributed by atoms with Gasteiger partial charge in [-0.25, -0.2) is 4.39 Å². The molecule has 1 aliphatic rings. The number of carbonyl (C=O) groups is 1. The van der Waals surface area contributed by atoms with Crippen LogP contribution in [0.25, 0.3) is 0 Å². The first-order chi connectivity index (χ1) is 8.66. The fourth-order valence-corrected chi connectivity index (χ4v) is 1.89. The molecule has 0 saturated heterocycles. The number of amides is 1. The first-order valence-electron chi connectivity index (χ1n) is 5.98. The van der Waals surface area contributed by atoms with E-state index in [1.165, 1.54) is 31.0 Å². The molecule has 1 aliphatic carbocycles. The molecule has 0 bridgehead atoms. The van der Waals surface area contributed by atoms with E-state index in [-0.39, 0.29) is 11.7 Å². The third-order valence-electron chi connectivity index (χ3n) is 2.76. The Balaban J connectivity index is 1.70. The maximum absolute atomic E-state index is 13.0. The van der Waals surface area contributed by atoms with E-state index >= 15 is 0 Å². The van der Waals surface area contributed by atoms with Gasteiger partial charge in [0.15, 0.2) is 0 Å². The van der Waals surface area contributed by atoms with Crippen molar-refractivity contribution in [2.75, 3.05) is 19.8 Å². The molecule has 1 saturated carbocycles. The molecule has 0 atom stereocenters. The maximum Gasteiger partial charge on any atom is 0.251 e. The Morgan fingerprint density at radius 3 is 2.94 bits per heavy atom. The molecule has 5 heteroatoms. The van der Waals surface area contributed by atoms with Crippen molar-refractivity contribution in [2.24, 2.45) is 5.92 Å². The highest BCUT2D eigenvalue weighted by Gasteiger charge is 2.20. The van der Waals surface area contributed by atoms with Crippen molar-refractivity contribution in [1.82, 2.24) is 5.32 Å². The van der Waals surface area contributed by atoms with E-state index in [1.54, 1.807) is 0 Å². The SMILES string of the molecule is O=C(NCCOCC1CC1)c1ccc(F)c(Br)c1. The van der Waals surface area contributed by atoms with Crippen LogP contribution in [0.4, 0.5) is 4.39 Å². The van der Waals surface area contributed by atoms with Gasteiger partial charge < -0.3 is 10.1 Å². The van der Waals surface area contributed by atoms with Gasteiger partial charge in [-0.2, -0.15) is 0 Å². The molecule has 18 heavy (non-hydrogen) atoms. The van der Waals surface area contributed by atoms with Gasteiger partial charge in [0, 0.05) is 18.7 Å². The zero-order chi connectivity index (χ0) is 13.0. The molecule has 2 rings (SSSR count). The lowest BCUT2D eigenvalue weighted by molar-refractivity contribution is 0.0906. The molecule has 3 nitrogen and oxygen atoms in total. The standard InChI is InChI=1S/C13H15BrFNO2/c14-11-7-10(3-4-12(11)15)13(17)16-5-6-18-8-9-1-2-9/h3-4,7,9H,1-2,5-6,8H2,(H,16,17). The molecule has 0 aliphatic heterocycles. The van der Waals surface area contributed by atoms with Gasteiger partial charge >= 0.3 is 0 Å². The fraction of sp³-hybridized carbons (Fsp3) is 0.462. The third kappa shape index (κ3) is 4.07. The van der Waals surface area contributed by atoms with Crippen LogP contribution in [0.2, 0.25) is 0 Å². The molecular formula is C13H15BrFNO2. The highest BCUT2D eigenvalue weighted by atomic mass is 79.9. The molecule has 98 valence electrons. The lowest BCUT2D eigenvalue weighted by atomic mass is 10.2. The quantitative estimate of drug-likeness (QED) is 0.820. The molecule has 1 aromatic carbocycles. The van der Waals surface area contributed by atoms with Crippen molar-refractivity contribution < 1.29 is 13.9 Å². The van der Waals surface area contributed by atoms with Crippen LogP contribution in [-0.4, -0.2) is 25.7 Å². The number of hydrogen-bond acceptors (Lipinski definition) is 2. The Hall–Kier alpha value is -0.940. The van der Waals surface area contributed by atoms with Gasteiger partial charge in [0.05, 0.1) is 11.1 Å². The Bertz CT molecular complexity index is 435. The van der Waals surface area contributed by atoms with Crippen molar-refractivity contribution in [2.45, 2.75) is 12.8 Å². The predicted octanol–water partition coefficient (Wildman–Crippen LogP) is 2.74. The summed E-state index contributed by atoms with van der Waals surface area (Å²) in [6.45, 7) is 1.78. The van der Waals surface area contributed by atoms with Crippen LogP contribution in [0.5, 0.6) is 0 Å². The Kier molecular flexibility index (Phi) is 4.72. The molecule has 1 fully saturated rings. The van der Waals surface area contributed by atoms with Crippen molar-refractivity contribution in [3.8, 4) is 0 Å². The van der Waals surface area contributed by atoms with Crippen LogP contribution in [0.3, 0.4) is 0 Å². The summed E-state index contributed by atoms with van der Waals surface area (Å²) in [4.78, 5) is 11.7. The molecule has 0 spiro atoms. The zero-order valence-electron chi connectivity index (χ0n) is 9.92. The molecule has 0 unspecified atom stereocenters. The minimum Gasteiger partial charge on any atom is -0.379 e. The maximum atomic E-state index is 13.0. The van der Waals surface area contributed by atoms with Gasteiger partial charge in [0.2, 0.25) is 0 Å². The monoisotopic (exact) mass is 315 g/mol. The smallest absolute Gasteiger partial charge is 0.251 e. The van der Waals surface area contributed by atoms with Gasteiger partial charge in [0.1, 0.15) is 5.82 Å². The van der Waals surface area contributed by atoms with Crippen LogP contribution < -0.4 is 5.32 Å². The average molecular weight is 316 g/mol. The van der Waals surface area contributed by atoms with Gasteiger partial charge in [-0.1, -0.05) is 0 Å². The summed E-state index contributed by atoms with van der Waals surface area (Å²) in [5, 5.41) is 2.73. The summed E-state index contributed by atoms with van der Waals surface area (Å²) in [6, 6.07) is 4.19. The van der Waals surface area contributed by atoms with E-state index in [0.29, 0.717) is 23.2 Å². The molecular weight excluding hydrogens is 301 g/mol.